The number of nitrogens with two attached hydrogens (primary N) is 1. The molecule has 0 spiro atoms. The SMILES string of the molecule is CN(C)C1(CNc2c(N)ccc(F)c2F)CCC1. The van der Waals surface area contributed by atoms with E-state index < -0.39 is 11.6 Å². The molecular formula is C13H19F2N3. The summed E-state index contributed by atoms with van der Waals surface area (Å²) in [4.78, 5) is 2.14. The molecule has 0 saturated heterocycles. The van der Waals surface area contributed by atoms with Gasteiger partial charge in [0, 0.05) is 12.1 Å². The fraction of sp³-hybridized carbons (Fsp3) is 0.538. The minimum absolute atomic E-state index is 0.0329. The van der Waals surface area contributed by atoms with Crippen LogP contribution in [0, 0.1) is 11.6 Å². The fourth-order valence-corrected chi connectivity index (χ4v) is 2.37. The lowest BCUT2D eigenvalue weighted by molar-refractivity contribution is 0.0738. The lowest BCUT2D eigenvalue weighted by Crippen LogP contribution is -2.54. The monoisotopic (exact) mass is 255 g/mol. The Morgan fingerprint density at radius 1 is 1.33 bits per heavy atom. The second kappa shape index (κ2) is 4.72. The number of nitrogen functional groups attached to an aromatic ring is 1. The summed E-state index contributed by atoms with van der Waals surface area (Å²) in [5.41, 5.74) is 6.02. The maximum Gasteiger partial charge on any atom is 0.183 e. The number of hydrogen-bond acceptors (Lipinski definition) is 3. The summed E-state index contributed by atoms with van der Waals surface area (Å²) in [5, 5.41) is 2.96. The highest BCUT2D eigenvalue weighted by atomic mass is 19.2. The van der Waals surface area contributed by atoms with Crippen molar-refractivity contribution < 1.29 is 8.78 Å². The predicted octanol–water partition coefficient (Wildman–Crippen LogP) is 2.44. The van der Waals surface area contributed by atoms with Crippen molar-refractivity contribution in [2.45, 2.75) is 24.8 Å². The van der Waals surface area contributed by atoms with Gasteiger partial charge in [0.05, 0.1) is 11.4 Å². The largest absolute Gasteiger partial charge is 0.397 e. The lowest BCUT2D eigenvalue weighted by Gasteiger charge is -2.47. The number of nitrogens with zero attached hydrogens (tertiary/aromatic N) is 1. The molecule has 0 unspecified atom stereocenters. The van der Waals surface area contributed by atoms with Crippen LogP contribution in [0.1, 0.15) is 19.3 Å². The Morgan fingerprint density at radius 3 is 2.50 bits per heavy atom. The van der Waals surface area contributed by atoms with Crippen molar-refractivity contribution in [1.29, 1.82) is 0 Å². The molecule has 0 aromatic heterocycles. The highest BCUT2D eigenvalue weighted by Gasteiger charge is 2.39. The Labute approximate surface area is 106 Å². The van der Waals surface area contributed by atoms with Gasteiger partial charge in [-0.1, -0.05) is 0 Å². The first-order chi connectivity index (χ1) is 8.46. The van der Waals surface area contributed by atoms with Crippen molar-refractivity contribution in [1.82, 2.24) is 4.90 Å². The van der Waals surface area contributed by atoms with Crippen LogP contribution in [0.5, 0.6) is 0 Å². The van der Waals surface area contributed by atoms with E-state index in [1.807, 2.05) is 14.1 Å². The van der Waals surface area contributed by atoms with Crippen LogP contribution >= 0.6 is 0 Å². The van der Waals surface area contributed by atoms with E-state index >= 15 is 0 Å². The van der Waals surface area contributed by atoms with Gasteiger partial charge in [0.25, 0.3) is 0 Å². The third-order valence-corrected chi connectivity index (χ3v) is 3.95. The van der Waals surface area contributed by atoms with Gasteiger partial charge >= 0.3 is 0 Å². The van der Waals surface area contributed by atoms with Gasteiger partial charge in [0.2, 0.25) is 0 Å². The quantitative estimate of drug-likeness (QED) is 0.812. The molecule has 3 nitrogen and oxygen atoms in total. The lowest BCUT2D eigenvalue weighted by atomic mass is 9.75. The minimum atomic E-state index is -0.900. The normalized spacial score (nSPS) is 17.6. The van der Waals surface area contributed by atoms with Gasteiger partial charge in [-0.15, -0.1) is 0 Å². The summed E-state index contributed by atoms with van der Waals surface area (Å²) in [6, 6.07) is 2.42. The van der Waals surface area contributed by atoms with Crippen LogP contribution in [0.2, 0.25) is 0 Å². The average Bonchev–Trinajstić information content (AvgIpc) is 2.26. The number of halogens is 2. The van der Waals surface area contributed by atoms with Gasteiger partial charge in [-0.2, -0.15) is 0 Å². The molecule has 1 aliphatic carbocycles. The molecule has 1 aromatic carbocycles. The Hall–Kier alpha value is -1.36. The van der Waals surface area contributed by atoms with Crippen LogP contribution in [-0.2, 0) is 0 Å². The molecule has 0 heterocycles. The molecule has 100 valence electrons. The summed E-state index contributed by atoms with van der Waals surface area (Å²) < 4.78 is 26.8. The number of hydrogen-bond donors (Lipinski definition) is 2. The summed E-state index contributed by atoms with van der Waals surface area (Å²) in [6.45, 7) is 0.574. The summed E-state index contributed by atoms with van der Waals surface area (Å²) in [6.07, 6.45) is 3.29. The predicted molar refractivity (Wildman–Crippen MR) is 69.5 cm³/mol. The second-order valence-corrected chi connectivity index (χ2v) is 5.15. The molecule has 0 radical (unpaired) electrons. The van der Waals surface area contributed by atoms with Gasteiger partial charge in [-0.3, -0.25) is 0 Å². The van der Waals surface area contributed by atoms with E-state index in [1.165, 1.54) is 12.5 Å². The summed E-state index contributed by atoms with van der Waals surface area (Å²) in [5.74, 6) is -1.78. The van der Waals surface area contributed by atoms with Gasteiger partial charge in [-0.25, -0.2) is 8.78 Å². The summed E-state index contributed by atoms with van der Waals surface area (Å²) >= 11 is 0. The molecule has 0 amide bonds. The first kappa shape index (κ1) is 13.1. The fourth-order valence-electron chi connectivity index (χ4n) is 2.37. The van der Waals surface area contributed by atoms with Crippen LogP contribution in [0.4, 0.5) is 20.2 Å². The van der Waals surface area contributed by atoms with Crippen molar-refractivity contribution in [3.8, 4) is 0 Å². The zero-order chi connectivity index (χ0) is 13.3. The molecule has 0 bridgehead atoms. The summed E-state index contributed by atoms with van der Waals surface area (Å²) in [7, 11) is 4.01. The maximum absolute atomic E-state index is 13.6. The Morgan fingerprint density at radius 2 is 2.00 bits per heavy atom. The van der Waals surface area contributed by atoms with E-state index in [0.29, 0.717) is 6.54 Å². The smallest absolute Gasteiger partial charge is 0.183 e. The molecular weight excluding hydrogens is 236 g/mol. The highest BCUT2D eigenvalue weighted by molar-refractivity contribution is 5.67. The van der Waals surface area contributed by atoms with E-state index in [0.717, 1.165) is 18.9 Å². The first-order valence-corrected chi connectivity index (χ1v) is 6.11. The number of nitrogens with one attached hydrogen (secondary N) is 1. The number of likely N-dealkylation sites (N-methyl/N-ethyl adjacent to an activating group) is 1. The minimum Gasteiger partial charge on any atom is -0.397 e. The van der Waals surface area contributed by atoms with Crippen molar-refractivity contribution in [2.75, 3.05) is 31.7 Å². The van der Waals surface area contributed by atoms with Crippen molar-refractivity contribution >= 4 is 11.4 Å². The Bertz CT molecular complexity index is 442. The van der Waals surface area contributed by atoms with Crippen LogP contribution < -0.4 is 11.1 Å². The molecule has 18 heavy (non-hydrogen) atoms. The molecule has 1 saturated carbocycles. The second-order valence-electron chi connectivity index (χ2n) is 5.15. The standard InChI is InChI=1S/C13H19F2N3/c1-18(2)13(6-3-7-13)8-17-12-10(16)5-4-9(14)11(12)15/h4-5,17H,3,6-8,16H2,1-2H3. The van der Waals surface area contributed by atoms with E-state index in [1.54, 1.807) is 0 Å². The van der Waals surface area contributed by atoms with Gasteiger partial charge in [0.15, 0.2) is 11.6 Å². The first-order valence-electron chi connectivity index (χ1n) is 6.11. The zero-order valence-corrected chi connectivity index (χ0v) is 10.8. The molecule has 5 heteroatoms. The van der Waals surface area contributed by atoms with E-state index in [9.17, 15) is 8.78 Å². The van der Waals surface area contributed by atoms with Crippen molar-refractivity contribution in [2.24, 2.45) is 0 Å². The Kier molecular flexibility index (Phi) is 3.43. The third kappa shape index (κ3) is 2.14. The van der Waals surface area contributed by atoms with Crippen LogP contribution in [0.3, 0.4) is 0 Å². The van der Waals surface area contributed by atoms with E-state index in [-0.39, 0.29) is 16.9 Å². The average molecular weight is 255 g/mol. The number of rotatable bonds is 4. The maximum atomic E-state index is 13.6. The number of anilines is 2. The molecule has 2 rings (SSSR count). The van der Waals surface area contributed by atoms with E-state index in [2.05, 4.69) is 10.2 Å². The molecule has 3 N–H and O–H groups in total. The van der Waals surface area contributed by atoms with Crippen LogP contribution in [0.15, 0.2) is 12.1 Å². The van der Waals surface area contributed by atoms with Gasteiger partial charge in [-0.05, 0) is 45.5 Å². The molecule has 0 atom stereocenters. The topological polar surface area (TPSA) is 41.3 Å². The molecule has 1 aromatic rings. The molecule has 1 aliphatic rings. The van der Waals surface area contributed by atoms with Gasteiger partial charge < -0.3 is 16.0 Å². The van der Waals surface area contributed by atoms with Gasteiger partial charge in [0.1, 0.15) is 0 Å². The Balaban J connectivity index is 2.13. The van der Waals surface area contributed by atoms with Crippen LogP contribution in [0.25, 0.3) is 0 Å². The molecule has 1 fully saturated rings. The van der Waals surface area contributed by atoms with Crippen LogP contribution in [-0.4, -0.2) is 31.1 Å². The third-order valence-electron chi connectivity index (χ3n) is 3.95. The van der Waals surface area contributed by atoms with Crippen molar-refractivity contribution in [3.05, 3.63) is 23.8 Å². The van der Waals surface area contributed by atoms with Crippen molar-refractivity contribution in [3.63, 3.8) is 0 Å². The zero-order valence-electron chi connectivity index (χ0n) is 10.8. The number of benzene rings is 1. The highest BCUT2D eigenvalue weighted by Crippen LogP contribution is 2.37. The molecule has 0 aliphatic heterocycles. The van der Waals surface area contributed by atoms with E-state index in [4.69, 9.17) is 5.73 Å².